The van der Waals surface area contributed by atoms with Gasteiger partial charge >= 0.3 is 0 Å². The van der Waals surface area contributed by atoms with Crippen LogP contribution in [0.2, 0.25) is 5.02 Å². The molecule has 0 aliphatic carbocycles. The van der Waals surface area contributed by atoms with Gasteiger partial charge in [0.05, 0.1) is 21.4 Å². The van der Waals surface area contributed by atoms with Crippen LogP contribution in [-0.2, 0) is 10.8 Å². The Hall–Kier alpha value is -0.540. The lowest BCUT2D eigenvalue weighted by atomic mass is 10.3. The van der Waals surface area contributed by atoms with Crippen molar-refractivity contribution in [1.29, 1.82) is 0 Å². The van der Waals surface area contributed by atoms with E-state index in [0.717, 1.165) is 17.1 Å². The minimum atomic E-state index is -0.845. The zero-order valence-corrected chi connectivity index (χ0v) is 7.91. The minimum absolute atomic E-state index is 0.681. The molecule has 1 atom stereocenters. The summed E-state index contributed by atoms with van der Waals surface area (Å²) in [6.45, 7) is 0.764. The van der Waals surface area contributed by atoms with Crippen LogP contribution in [0.4, 0.5) is 5.69 Å². The summed E-state index contributed by atoms with van der Waals surface area (Å²) in [6, 6.07) is 5.40. The third-order valence-corrected chi connectivity index (χ3v) is 3.45. The van der Waals surface area contributed by atoms with E-state index in [1.807, 2.05) is 12.1 Å². The van der Waals surface area contributed by atoms with E-state index in [2.05, 4.69) is 5.32 Å². The lowest BCUT2D eigenvalue weighted by Crippen LogP contribution is -2.18. The Morgan fingerprint density at radius 2 is 2.33 bits per heavy atom. The van der Waals surface area contributed by atoms with Crippen LogP contribution < -0.4 is 5.32 Å². The molecule has 1 heterocycles. The van der Waals surface area contributed by atoms with Gasteiger partial charge < -0.3 is 5.32 Å². The van der Waals surface area contributed by atoms with E-state index >= 15 is 0 Å². The summed E-state index contributed by atoms with van der Waals surface area (Å²) in [5.74, 6) is 0.689. The van der Waals surface area contributed by atoms with Gasteiger partial charge in [-0.15, -0.1) is 0 Å². The van der Waals surface area contributed by atoms with Crippen LogP contribution >= 0.6 is 11.6 Å². The highest BCUT2D eigenvalue weighted by molar-refractivity contribution is 7.85. The third-order valence-electron chi connectivity index (χ3n) is 1.79. The highest BCUT2D eigenvalue weighted by Crippen LogP contribution is 2.26. The van der Waals surface area contributed by atoms with Crippen LogP contribution in [0.5, 0.6) is 0 Å². The Bertz CT molecular complexity index is 340. The summed E-state index contributed by atoms with van der Waals surface area (Å²) in [5, 5.41) is 3.84. The lowest BCUT2D eigenvalue weighted by Gasteiger charge is -2.16. The Balaban J connectivity index is 2.53. The third kappa shape index (κ3) is 1.34. The summed E-state index contributed by atoms with van der Waals surface area (Å²) in [5.41, 5.74) is 0.909. The second-order valence-corrected chi connectivity index (χ2v) is 4.59. The van der Waals surface area contributed by atoms with E-state index in [0.29, 0.717) is 10.8 Å². The number of hydrogen-bond donors (Lipinski definition) is 1. The van der Waals surface area contributed by atoms with Gasteiger partial charge in [-0.25, -0.2) is 0 Å². The van der Waals surface area contributed by atoms with E-state index in [9.17, 15) is 4.21 Å². The number of halogens is 1. The van der Waals surface area contributed by atoms with Crippen molar-refractivity contribution in [3.8, 4) is 0 Å². The molecule has 0 fully saturated rings. The highest BCUT2D eigenvalue weighted by Gasteiger charge is 2.14. The molecule has 2 nitrogen and oxygen atoms in total. The standard InChI is InChI=1S/C8H8ClNOS/c9-6-1-2-8-7(5-6)10-3-4-12(8)11/h1-2,5,10H,3-4H2. The largest absolute Gasteiger partial charge is 0.383 e. The van der Waals surface area contributed by atoms with Crippen molar-refractivity contribution in [2.45, 2.75) is 4.90 Å². The summed E-state index contributed by atoms with van der Waals surface area (Å²) in [4.78, 5) is 0.866. The molecule has 64 valence electrons. The van der Waals surface area contributed by atoms with Crippen molar-refractivity contribution in [3.63, 3.8) is 0 Å². The molecule has 1 N–H and O–H groups in total. The molecule has 0 amide bonds. The number of anilines is 1. The maximum absolute atomic E-state index is 11.4. The van der Waals surface area contributed by atoms with Crippen molar-refractivity contribution < 1.29 is 4.21 Å². The SMILES string of the molecule is O=S1CCNc2cc(Cl)ccc21. The van der Waals surface area contributed by atoms with Crippen molar-refractivity contribution >= 4 is 28.1 Å². The van der Waals surface area contributed by atoms with Crippen molar-refractivity contribution in [3.05, 3.63) is 23.2 Å². The molecule has 0 radical (unpaired) electrons. The topological polar surface area (TPSA) is 29.1 Å². The van der Waals surface area contributed by atoms with Crippen molar-refractivity contribution in [2.75, 3.05) is 17.6 Å². The first-order chi connectivity index (χ1) is 5.77. The van der Waals surface area contributed by atoms with Gasteiger partial charge in [-0.3, -0.25) is 4.21 Å². The summed E-state index contributed by atoms with van der Waals surface area (Å²) >= 11 is 5.79. The zero-order valence-electron chi connectivity index (χ0n) is 6.34. The number of fused-ring (bicyclic) bond motifs is 1. The fraction of sp³-hybridized carbons (Fsp3) is 0.250. The molecule has 1 unspecified atom stereocenters. The molecule has 1 aromatic rings. The molecule has 0 spiro atoms. The molecular weight excluding hydrogens is 194 g/mol. The predicted octanol–water partition coefficient (Wildman–Crippen LogP) is 1.87. The van der Waals surface area contributed by atoms with Gasteiger partial charge in [-0.1, -0.05) is 11.6 Å². The fourth-order valence-electron chi connectivity index (χ4n) is 1.23. The molecule has 0 bridgehead atoms. The van der Waals surface area contributed by atoms with Gasteiger partial charge in [0.1, 0.15) is 0 Å². The average Bonchev–Trinajstić information content (AvgIpc) is 2.04. The summed E-state index contributed by atoms with van der Waals surface area (Å²) in [7, 11) is -0.845. The number of benzene rings is 1. The van der Waals surface area contributed by atoms with E-state index < -0.39 is 10.8 Å². The van der Waals surface area contributed by atoms with Crippen LogP contribution in [0.3, 0.4) is 0 Å². The van der Waals surface area contributed by atoms with E-state index in [-0.39, 0.29) is 0 Å². The van der Waals surface area contributed by atoms with Crippen LogP contribution in [0.25, 0.3) is 0 Å². The van der Waals surface area contributed by atoms with Gasteiger partial charge in [-0.05, 0) is 18.2 Å². The Labute approximate surface area is 78.4 Å². The molecule has 2 rings (SSSR count). The zero-order chi connectivity index (χ0) is 8.55. The number of hydrogen-bond acceptors (Lipinski definition) is 2. The first-order valence-corrected chi connectivity index (χ1v) is 5.39. The summed E-state index contributed by atoms with van der Waals surface area (Å²) in [6.07, 6.45) is 0. The smallest absolute Gasteiger partial charge is 0.0621 e. The first kappa shape index (κ1) is 8.08. The van der Waals surface area contributed by atoms with Gasteiger partial charge in [-0.2, -0.15) is 0 Å². The van der Waals surface area contributed by atoms with Gasteiger partial charge in [0.2, 0.25) is 0 Å². The van der Waals surface area contributed by atoms with Gasteiger partial charge in [0.25, 0.3) is 0 Å². The molecule has 0 saturated heterocycles. The Kier molecular flexibility index (Phi) is 2.07. The Morgan fingerprint density at radius 3 is 3.17 bits per heavy atom. The molecule has 12 heavy (non-hydrogen) atoms. The fourth-order valence-corrected chi connectivity index (χ4v) is 2.50. The molecule has 0 saturated carbocycles. The maximum atomic E-state index is 11.4. The van der Waals surface area contributed by atoms with Gasteiger partial charge in [0.15, 0.2) is 0 Å². The van der Waals surface area contributed by atoms with Crippen LogP contribution in [-0.4, -0.2) is 16.5 Å². The van der Waals surface area contributed by atoms with E-state index in [1.54, 1.807) is 6.07 Å². The predicted molar refractivity (Wildman–Crippen MR) is 51.2 cm³/mol. The average molecular weight is 202 g/mol. The molecule has 0 aromatic heterocycles. The molecule has 1 aromatic carbocycles. The monoisotopic (exact) mass is 201 g/mol. The van der Waals surface area contributed by atoms with Crippen molar-refractivity contribution in [2.24, 2.45) is 0 Å². The quantitative estimate of drug-likeness (QED) is 0.695. The Morgan fingerprint density at radius 1 is 1.50 bits per heavy atom. The number of rotatable bonds is 0. The second kappa shape index (κ2) is 3.07. The minimum Gasteiger partial charge on any atom is -0.383 e. The van der Waals surface area contributed by atoms with E-state index in [4.69, 9.17) is 11.6 Å². The van der Waals surface area contributed by atoms with Crippen molar-refractivity contribution in [1.82, 2.24) is 0 Å². The highest BCUT2D eigenvalue weighted by atomic mass is 35.5. The molecular formula is C8H8ClNOS. The maximum Gasteiger partial charge on any atom is 0.0621 e. The van der Waals surface area contributed by atoms with Crippen LogP contribution in [0, 0.1) is 0 Å². The normalized spacial score (nSPS) is 21.2. The second-order valence-electron chi connectivity index (χ2n) is 2.62. The lowest BCUT2D eigenvalue weighted by molar-refractivity contribution is 0.682. The van der Waals surface area contributed by atoms with Crippen LogP contribution in [0.15, 0.2) is 23.1 Å². The van der Waals surface area contributed by atoms with E-state index in [1.165, 1.54) is 0 Å². The summed E-state index contributed by atoms with van der Waals surface area (Å²) < 4.78 is 11.4. The molecule has 1 aliphatic rings. The number of nitrogens with one attached hydrogen (secondary N) is 1. The van der Waals surface area contributed by atoms with Crippen LogP contribution in [0.1, 0.15) is 0 Å². The first-order valence-electron chi connectivity index (χ1n) is 3.69. The van der Waals surface area contributed by atoms with Gasteiger partial charge in [0, 0.05) is 17.3 Å². The molecule has 4 heteroatoms. The molecule has 1 aliphatic heterocycles.